The Kier molecular flexibility index (Phi) is 5.38. The molecular weight excluding hydrogens is 262 g/mol. The molecule has 1 aromatic carbocycles. The maximum Gasteiger partial charge on any atom is 0.0916 e. The second kappa shape index (κ2) is 6.88. The summed E-state index contributed by atoms with van der Waals surface area (Å²) >= 11 is 0. The Balaban J connectivity index is 1.85. The summed E-state index contributed by atoms with van der Waals surface area (Å²) in [7, 11) is 0. The molecule has 1 atom stereocenters. The van der Waals surface area contributed by atoms with Gasteiger partial charge in [0, 0.05) is 44.8 Å². The number of hydrogen-bond acceptors (Lipinski definition) is 4. The highest BCUT2D eigenvalue weighted by molar-refractivity contribution is 5.24. The molecule has 4 heteroatoms. The van der Waals surface area contributed by atoms with E-state index in [9.17, 15) is 5.11 Å². The molecular formula is C17H29N3O. The van der Waals surface area contributed by atoms with Gasteiger partial charge in [-0.15, -0.1) is 0 Å². The molecule has 3 N–H and O–H groups in total. The van der Waals surface area contributed by atoms with Crippen LogP contribution in [0.3, 0.4) is 0 Å². The molecule has 1 fully saturated rings. The standard InChI is InChI=1S/C17H29N3O/c1-17(2,3)20-10-8-19(9-11-20)13-16(21)15-6-4-14(12-18)5-7-15/h4-7,16,21H,8-13,18H2,1-3H3. The van der Waals surface area contributed by atoms with E-state index >= 15 is 0 Å². The lowest BCUT2D eigenvalue weighted by molar-refractivity contribution is 0.0363. The Hall–Kier alpha value is -0.940. The molecule has 2 rings (SSSR count). The zero-order valence-electron chi connectivity index (χ0n) is 13.5. The van der Waals surface area contributed by atoms with E-state index < -0.39 is 6.10 Å². The molecule has 0 amide bonds. The summed E-state index contributed by atoms with van der Waals surface area (Å²) in [6.45, 7) is 12.2. The molecule has 0 radical (unpaired) electrons. The van der Waals surface area contributed by atoms with Crippen molar-refractivity contribution in [2.45, 2.75) is 39.0 Å². The van der Waals surface area contributed by atoms with Crippen LogP contribution >= 0.6 is 0 Å². The van der Waals surface area contributed by atoms with Gasteiger partial charge >= 0.3 is 0 Å². The molecule has 4 nitrogen and oxygen atoms in total. The van der Waals surface area contributed by atoms with E-state index in [2.05, 4.69) is 30.6 Å². The first-order valence-electron chi connectivity index (χ1n) is 7.84. The van der Waals surface area contributed by atoms with E-state index in [1.165, 1.54) is 0 Å². The van der Waals surface area contributed by atoms with Crippen LogP contribution in [0, 0.1) is 0 Å². The average Bonchev–Trinajstić information content (AvgIpc) is 2.47. The summed E-state index contributed by atoms with van der Waals surface area (Å²) in [4.78, 5) is 4.86. The summed E-state index contributed by atoms with van der Waals surface area (Å²) in [6, 6.07) is 7.96. The molecule has 0 spiro atoms. The number of nitrogens with zero attached hydrogens (tertiary/aromatic N) is 2. The number of aliphatic hydroxyl groups is 1. The van der Waals surface area contributed by atoms with Crippen molar-refractivity contribution in [3.8, 4) is 0 Å². The van der Waals surface area contributed by atoms with Crippen LogP contribution in [-0.2, 0) is 6.54 Å². The lowest BCUT2D eigenvalue weighted by Crippen LogP contribution is -2.53. The quantitative estimate of drug-likeness (QED) is 0.884. The van der Waals surface area contributed by atoms with E-state index in [-0.39, 0.29) is 5.54 Å². The lowest BCUT2D eigenvalue weighted by atomic mass is 10.0. The van der Waals surface area contributed by atoms with Crippen molar-refractivity contribution in [1.82, 2.24) is 9.80 Å². The van der Waals surface area contributed by atoms with Gasteiger partial charge in [0.1, 0.15) is 0 Å². The van der Waals surface area contributed by atoms with Crippen molar-refractivity contribution in [2.75, 3.05) is 32.7 Å². The first-order chi connectivity index (χ1) is 9.90. The molecule has 1 heterocycles. The van der Waals surface area contributed by atoms with Crippen molar-refractivity contribution in [2.24, 2.45) is 5.73 Å². The Morgan fingerprint density at radius 1 is 1.10 bits per heavy atom. The number of hydrogen-bond donors (Lipinski definition) is 2. The van der Waals surface area contributed by atoms with Gasteiger partial charge in [-0.25, -0.2) is 0 Å². The van der Waals surface area contributed by atoms with Crippen LogP contribution in [0.2, 0.25) is 0 Å². The van der Waals surface area contributed by atoms with Crippen LogP contribution in [0.15, 0.2) is 24.3 Å². The largest absolute Gasteiger partial charge is 0.387 e. The molecule has 1 aliphatic rings. The molecule has 21 heavy (non-hydrogen) atoms. The topological polar surface area (TPSA) is 52.7 Å². The molecule has 118 valence electrons. The zero-order valence-corrected chi connectivity index (χ0v) is 13.5. The SMILES string of the molecule is CC(C)(C)N1CCN(CC(O)c2ccc(CN)cc2)CC1. The number of benzene rings is 1. The fourth-order valence-corrected chi connectivity index (χ4v) is 2.83. The predicted molar refractivity (Wildman–Crippen MR) is 87.1 cm³/mol. The average molecular weight is 291 g/mol. The molecule has 0 bridgehead atoms. The van der Waals surface area contributed by atoms with E-state index in [4.69, 9.17) is 5.73 Å². The predicted octanol–water partition coefficient (Wildman–Crippen LogP) is 1.59. The third-order valence-corrected chi connectivity index (χ3v) is 4.35. The molecule has 1 aromatic rings. The monoisotopic (exact) mass is 291 g/mol. The highest BCUT2D eigenvalue weighted by Crippen LogP contribution is 2.19. The van der Waals surface area contributed by atoms with Crippen LogP contribution < -0.4 is 5.73 Å². The van der Waals surface area contributed by atoms with Crippen LogP contribution in [0.4, 0.5) is 0 Å². The third kappa shape index (κ3) is 4.51. The smallest absolute Gasteiger partial charge is 0.0916 e. The molecule has 0 aromatic heterocycles. The number of piperazine rings is 1. The fraction of sp³-hybridized carbons (Fsp3) is 0.647. The van der Waals surface area contributed by atoms with Gasteiger partial charge in [0.25, 0.3) is 0 Å². The van der Waals surface area contributed by atoms with E-state index in [1.807, 2.05) is 24.3 Å². The lowest BCUT2D eigenvalue weighted by Gasteiger charge is -2.42. The maximum atomic E-state index is 10.4. The Bertz CT molecular complexity index is 430. The Morgan fingerprint density at radius 3 is 2.14 bits per heavy atom. The normalized spacial score (nSPS) is 19.7. The summed E-state index contributed by atoms with van der Waals surface area (Å²) in [5.41, 5.74) is 7.92. The van der Waals surface area contributed by atoms with Gasteiger partial charge in [-0.3, -0.25) is 9.80 Å². The first kappa shape index (κ1) is 16.4. The minimum absolute atomic E-state index is 0.239. The van der Waals surface area contributed by atoms with Crippen molar-refractivity contribution in [3.05, 3.63) is 35.4 Å². The summed E-state index contributed by atoms with van der Waals surface area (Å²) < 4.78 is 0. The second-order valence-electron chi connectivity index (χ2n) is 6.92. The summed E-state index contributed by atoms with van der Waals surface area (Å²) in [5.74, 6) is 0. The highest BCUT2D eigenvalue weighted by atomic mass is 16.3. The van der Waals surface area contributed by atoms with Crippen molar-refractivity contribution in [3.63, 3.8) is 0 Å². The molecule has 1 aliphatic heterocycles. The minimum atomic E-state index is -0.419. The zero-order chi connectivity index (χ0) is 15.5. The Morgan fingerprint density at radius 2 is 1.67 bits per heavy atom. The number of aliphatic hydroxyl groups excluding tert-OH is 1. The molecule has 0 saturated carbocycles. The maximum absolute atomic E-state index is 10.4. The second-order valence-corrected chi connectivity index (χ2v) is 6.92. The molecule has 0 aliphatic carbocycles. The van der Waals surface area contributed by atoms with E-state index in [0.29, 0.717) is 13.1 Å². The molecule has 1 unspecified atom stereocenters. The van der Waals surface area contributed by atoms with Crippen LogP contribution in [0.25, 0.3) is 0 Å². The van der Waals surface area contributed by atoms with Crippen LogP contribution in [-0.4, -0.2) is 53.2 Å². The van der Waals surface area contributed by atoms with E-state index in [1.54, 1.807) is 0 Å². The minimum Gasteiger partial charge on any atom is -0.387 e. The van der Waals surface area contributed by atoms with Crippen molar-refractivity contribution < 1.29 is 5.11 Å². The Labute approximate surface area is 128 Å². The summed E-state index contributed by atoms with van der Waals surface area (Å²) in [5, 5.41) is 10.4. The van der Waals surface area contributed by atoms with Gasteiger partial charge in [0.15, 0.2) is 0 Å². The highest BCUT2D eigenvalue weighted by Gasteiger charge is 2.26. The van der Waals surface area contributed by atoms with Crippen molar-refractivity contribution >= 4 is 0 Å². The fourth-order valence-electron chi connectivity index (χ4n) is 2.83. The number of β-amino-alcohol motifs (C(OH)–C–C–N with tert-alkyl or cyclic N) is 1. The van der Waals surface area contributed by atoms with Crippen LogP contribution in [0.5, 0.6) is 0 Å². The summed E-state index contributed by atoms with van der Waals surface area (Å²) in [6.07, 6.45) is -0.419. The van der Waals surface area contributed by atoms with Gasteiger partial charge in [-0.2, -0.15) is 0 Å². The van der Waals surface area contributed by atoms with E-state index in [0.717, 1.165) is 37.3 Å². The van der Waals surface area contributed by atoms with Gasteiger partial charge in [-0.05, 0) is 31.9 Å². The van der Waals surface area contributed by atoms with Crippen molar-refractivity contribution in [1.29, 1.82) is 0 Å². The number of rotatable bonds is 4. The van der Waals surface area contributed by atoms with Gasteiger partial charge in [-0.1, -0.05) is 24.3 Å². The van der Waals surface area contributed by atoms with Gasteiger partial charge in [0.2, 0.25) is 0 Å². The third-order valence-electron chi connectivity index (χ3n) is 4.35. The van der Waals surface area contributed by atoms with Gasteiger partial charge < -0.3 is 10.8 Å². The number of nitrogens with two attached hydrogens (primary N) is 1. The van der Waals surface area contributed by atoms with Gasteiger partial charge in [0.05, 0.1) is 6.10 Å². The first-order valence-corrected chi connectivity index (χ1v) is 7.84. The molecule has 1 saturated heterocycles. The van der Waals surface area contributed by atoms with Crippen LogP contribution in [0.1, 0.15) is 38.0 Å².